The average Bonchev–Trinajstić information content (AvgIpc) is 3.01. The molecule has 0 bridgehead atoms. The number of carbonyl (C=O) groups is 1. The Morgan fingerprint density at radius 2 is 1.87 bits per heavy atom. The summed E-state index contributed by atoms with van der Waals surface area (Å²) in [6.45, 7) is 4.87. The van der Waals surface area contributed by atoms with Crippen molar-refractivity contribution in [2.45, 2.75) is 6.92 Å². The maximum Gasteiger partial charge on any atom is 0.262 e. The fourth-order valence-electron chi connectivity index (χ4n) is 2.09. The number of methoxy groups -OCH3 is 1. The van der Waals surface area contributed by atoms with Gasteiger partial charge < -0.3 is 15.4 Å². The van der Waals surface area contributed by atoms with Crippen molar-refractivity contribution in [3.63, 3.8) is 0 Å². The molecule has 23 heavy (non-hydrogen) atoms. The van der Waals surface area contributed by atoms with Gasteiger partial charge in [0.1, 0.15) is 0 Å². The second kappa shape index (κ2) is 10.4. The Hall–Kier alpha value is -1.40. The van der Waals surface area contributed by atoms with Gasteiger partial charge in [-0.1, -0.05) is 29.8 Å². The monoisotopic (exact) mass is 354 g/mol. The van der Waals surface area contributed by atoms with Crippen molar-refractivity contribution >= 4 is 29.7 Å². The molecule has 2 aromatic rings. The maximum atomic E-state index is 12.3. The summed E-state index contributed by atoms with van der Waals surface area (Å²) in [6.07, 6.45) is 0. The highest BCUT2D eigenvalue weighted by molar-refractivity contribution is 7.12. The van der Waals surface area contributed by atoms with Gasteiger partial charge in [0, 0.05) is 32.3 Å². The zero-order valence-corrected chi connectivity index (χ0v) is 15.1. The first-order valence-corrected chi connectivity index (χ1v) is 8.22. The highest BCUT2D eigenvalue weighted by Gasteiger charge is 2.13. The molecule has 0 atom stereocenters. The summed E-state index contributed by atoms with van der Waals surface area (Å²) in [4.78, 5) is 13.1. The van der Waals surface area contributed by atoms with E-state index in [-0.39, 0.29) is 18.3 Å². The molecule has 0 saturated carbocycles. The maximum absolute atomic E-state index is 12.3. The number of amides is 1. The van der Waals surface area contributed by atoms with E-state index in [0.29, 0.717) is 13.2 Å². The standard InChI is InChI=1S/C17H22N2O2S.ClH/c1-13-3-5-14(6-4-13)15-7-12-22-16(15)17(20)19-9-8-18-10-11-21-2;/h3-7,12,18H,8-11H2,1-2H3,(H,19,20);1H. The third kappa shape index (κ3) is 5.95. The molecular formula is C17H23ClN2O2S. The van der Waals surface area contributed by atoms with Crippen molar-refractivity contribution < 1.29 is 9.53 Å². The van der Waals surface area contributed by atoms with Crippen LogP contribution in [0.15, 0.2) is 35.7 Å². The molecule has 0 aliphatic carbocycles. The Kier molecular flexibility index (Phi) is 8.87. The summed E-state index contributed by atoms with van der Waals surface area (Å²) in [5.41, 5.74) is 3.29. The molecule has 0 fully saturated rings. The fourth-order valence-corrected chi connectivity index (χ4v) is 2.92. The van der Waals surface area contributed by atoms with E-state index in [2.05, 4.69) is 41.8 Å². The average molecular weight is 355 g/mol. The number of ether oxygens (including phenoxy) is 1. The van der Waals surface area contributed by atoms with Crippen LogP contribution in [-0.2, 0) is 4.74 Å². The summed E-state index contributed by atoms with van der Waals surface area (Å²) >= 11 is 1.48. The van der Waals surface area contributed by atoms with Crippen molar-refractivity contribution in [3.05, 3.63) is 46.2 Å². The Morgan fingerprint density at radius 1 is 1.13 bits per heavy atom. The number of hydrogen-bond acceptors (Lipinski definition) is 4. The summed E-state index contributed by atoms with van der Waals surface area (Å²) < 4.78 is 4.95. The number of nitrogens with one attached hydrogen (secondary N) is 2. The summed E-state index contributed by atoms with van der Waals surface area (Å²) in [5.74, 6) is -0.0147. The second-order valence-electron chi connectivity index (χ2n) is 5.03. The number of hydrogen-bond donors (Lipinski definition) is 2. The van der Waals surface area contributed by atoms with Crippen molar-refractivity contribution in [1.29, 1.82) is 0 Å². The third-order valence-electron chi connectivity index (χ3n) is 3.30. The molecular weight excluding hydrogens is 332 g/mol. The van der Waals surface area contributed by atoms with Gasteiger partial charge in [0.2, 0.25) is 0 Å². The van der Waals surface area contributed by atoms with Crippen LogP contribution in [0.1, 0.15) is 15.2 Å². The highest BCUT2D eigenvalue weighted by Crippen LogP contribution is 2.28. The van der Waals surface area contributed by atoms with Crippen LogP contribution in [0.25, 0.3) is 11.1 Å². The molecule has 0 aliphatic heterocycles. The van der Waals surface area contributed by atoms with Crippen LogP contribution >= 0.6 is 23.7 Å². The van der Waals surface area contributed by atoms with Crippen molar-refractivity contribution in [1.82, 2.24) is 10.6 Å². The lowest BCUT2D eigenvalue weighted by Gasteiger charge is -2.07. The molecule has 1 amide bonds. The van der Waals surface area contributed by atoms with Gasteiger partial charge in [0.05, 0.1) is 11.5 Å². The molecule has 0 unspecified atom stereocenters. The molecule has 2 rings (SSSR count). The van der Waals surface area contributed by atoms with Gasteiger partial charge in [-0.3, -0.25) is 4.79 Å². The Balaban J connectivity index is 0.00000264. The molecule has 2 N–H and O–H groups in total. The summed E-state index contributed by atoms with van der Waals surface area (Å²) in [6, 6.07) is 10.2. The normalized spacial score (nSPS) is 10.2. The van der Waals surface area contributed by atoms with Gasteiger partial charge in [-0.05, 0) is 23.9 Å². The number of carbonyl (C=O) groups excluding carboxylic acids is 1. The van der Waals surface area contributed by atoms with E-state index in [1.807, 2.05) is 11.4 Å². The minimum absolute atomic E-state index is 0. The lowest BCUT2D eigenvalue weighted by atomic mass is 10.0. The molecule has 0 aliphatic rings. The van der Waals surface area contributed by atoms with Gasteiger partial charge >= 0.3 is 0 Å². The molecule has 0 saturated heterocycles. The van der Waals surface area contributed by atoms with E-state index >= 15 is 0 Å². The minimum atomic E-state index is -0.0147. The summed E-state index contributed by atoms with van der Waals surface area (Å²) in [7, 11) is 1.67. The van der Waals surface area contributed by atoms with Gasteiger partial charge in [-0.15, -0.1) is 23.7 Å². The quantitative estimate of drug-likeness (QED) is 0.716. The second-order valence-corrected chi connectivity index (χ2v) is 5.94. The van der Waals surface area contributed by atoms with Crippen LogP contribution in [0.5, 0.6) is 0 Å². The number of benzene rings is 1. The Morgan fingerprint density at radius 3 is 2.57 bits per heavy atom. The van der Waals surface area contributed by atoms with Crippen LogP contribution in [0.3, 0.4) is 0 Å². The number of thiophene rings is 1. The summed E-state index contributed by atoms with van der Waals surface area (Å²) in [5, 5.41) is 8.11. The molecule has 0 radical (unpaired) electrons. The van der Waals surface area contributed by atoms with Crippen molar-refractivity contribution in [2.24, 2.45) is 0 Å². The van der Waals surface area contributed by atoms with E-state index in [4.69, 9.17) is 4.74 Å². The first-order valence-electron chi connectivity index (χ1n) is 7.34. The van der Waals surface area contributed by atoms with Crippen LogP contribution < -0.4 is 10.6 Å². The predicted octanol–water partition coefficient (Wildman–Crippen LogP) is 3.11. The van der Waals surface area contributed by atoms with Crippen molar-refractivity contribution in [3.8, 4) is 11.1 Å². The first kappa shape index (κ1) is 19.6. The first-order chi connectivity index (χ1) is 10.7. The van der Waals surface area contributed by atoms with Crippen molar-refractivity contribution in [2.75, 3.05) is 33.4 Å². The van der Waals surface area contributed by atoms with Crippen LogP contribution in [0.2, 0.25) is 0 Å². The molecule has 0 spiro atoms. The van der Waals surface area contributed by atoms with E-state index in [1.165, 1.54) is 16.9 Å². The fraction of sp³-hybridized carbons (Fsp3) is 0.353. The van der Waals surface area contributed by atoms with E-state index in [0.717, 1.165) is 29.1 Å². The number of rotatable bonds is 8. The van der Waals surface area contributed by atoms with Crippen LogP contribution in [0.4, 0.5) is 0 Å². The molecule has 1 aromatic carbocycles. The zero-order valence-electron chi connectivity index (χ0n) is 13.4. The van der Waals surface area contributed by atoms with Gasteiger partial charge in [-0.25, -0.2) is 0 Å². The lowest BCUT2D eigenvalue weighted by Crippen LogP contribution is -2.32. The minimum Gasteiger partial charge on any atom is -0.383 e. The molecule has 6 heteroatoms. The van der Waals surface area contributed by atoms with Gasteiger partial charge in [-0.2, -0.15) is 0 Å². The zero-order chi connectivity index (χ0) is 15.8. The largest absolute Gasteiger partial charge is 0.383 e. The third-order valence-corrected chi connectivity index (χ3v) is 4.22. The number of halogens is 1. The molecule has 1 heterocycles. The lowest BCUT2D eigenvalue weighted by molar-refractivity contribution is 0.0958. The van der Waals surface area contributed by atoms with E-state index in [9.17, 15) is 4.79 Å². The van der Waals surface area contributed by atoms with Crippen LogP contribution in [0, 0.1) is 6.92 Å². The molecule has 126 valence electrons. The highest BCUT2D eigenvalue weighted by atomic mass is 35.5. The predicted molar refractivity (Wildman–Crippen MR) is 98.8 cm³/mol. The Labute approximate surface area is 147 Å². The van der Waals surface area contributed by atoms with Gasteiger partial charge in [0.25, 0.3) is 5.91 Å². The molecule has 4 nitrogen and oxygen atoms in total. The molecule has 1 aromatic heterocycles. The topological polar surface area (TPSA) is 50.4 Å². The van der Waals surface area contributed by atoms with E-state index < -0.39 is 0 Å². The van der Waals surface area contributed by atoms with E-state index in [1.54, 1.807) is 7.11 Å². The number of aryl methyl sites for hydroxylation is 1. The smallest absolute Gasteiger partial charge is 0.262 e. The SMILES string of the molecule is COCCNCCNC(=O)c1sccc1-c1ccc(C)cc1.Cl. The van der Waals surface area contributed by atoms with Gasteiger partial charge in [0.15, 0.2) is 0 Å². The van der Waals surface area contributed by atoms with Crippen LogP contribution in [-0.4, -0.2) is 39.3 Å². The Bertz CT molecular complexity index is 599.